The van der Waals surface area contributed by atoms with Gasteiger partial charge in [0.2, 0.25) is 0 Å². The van der Waals surface area contributed by atoms with Crippen LogP contribution in [0.5, 0.6) is 0 Å². The van der Waals surface area contributed by atoms with Gasteiger partial charge in [-0.3, -0.25) is 4.79 Å². The lowest BCUT2D eigenvalue weighted by molar-refractivity contribution is -0.140. The number of benzene rings is 1. The van der Waals surface area contributed by atoms with Crippen LogP contribution < -0.4 is 0 Å². The van der Waals surface area contributed by atoms with Gasteiger partial charge < -0.3 is 4.74 Å². The third-order valence-electron chi connectivity index (χ3n) is 2.52. The zero-order chi connectivity index (χ0) is 11.5. The van der Waals surface area contributed by atoms with Gasteiger partial charge in [0.15, 0.2) is 0 Å². The topological polar surface area (TPSA) is 57.0 Å². The number of hydrogen-bond donors (Lipinski definition) is 0. The summed E-state index contributed by atoms with van der Waals surface area (Å²) in [7, 11) is 3.25. The summed E-state index contributed by atoms with van der Waals surface area (Å²) < 4.78 is 6.31. The highest BCUT2D eigenvalue weighted by Gasteiger charge is 2.05. The molecule has 0 unspecified atom stereocenters. The lowest BCUT2D eigenvalue weighted by Gasteiger charge is -2.00. The molecule has 1 aromatic heterocycles. The summed E-state index contributed by atoms with van der Waals surface area (Å²) >= 11 is 0. The van der Waals surface area contributed by atoms with Gasteiger partial charge in [0.1, 0.15) is 5.52 Å². The van der Waals surface area contributed by atoms with E-state index < -0.39 is 0 Å². The molecule has 5 heteroatoms. The van der Waals surface area contributed by atoms with Crippen molar-refractivity contribution in [2.24, 2.45) is 7.05 Å². The molecule has 1 heterocycles. The molecule has 0 saturated carbocycles. The third kappa shape index (κ3) is 2.03. The number of nitrogens with zero attached hydrogens (tertiary/aromatic N) is 3. The second-order valence-electron chi connectivity index (χ2n) is 3.61. The minimum atomic E-state index is -0.195. The van der Waals surface area contributed by atoms with E-state index in [2.05, 4.69) is 15.0 Å². The quantitative estimate of drug-likeness (QED) is 0.725. The van der Waals surface area contributed by atoms with Crippen LogP contribution in [0.3, 0.4) is 0 Å². The zero-order valence-corrected chi connectivity index (χ0v) is 9.30. The van der Waals surface area contributed by atoms with Crippen molar-refractivity contribution >= 4 is 17.0 Å². The Balaban J connectivity index is 2.17. The van der Waals surface area contributed by atoms with E-state index in [9.17, 15) is 4.79 Å². The number of hydrogen-bond acceptors (Lipinski definition) is 4. The average Bonchev–Trinajstić information content (AvgIpc) is 2.67. The Labute approximate surface area is 93.0 Å². The van der Waals surface area contributed by atoms with Crippen LogP contribution >= 0.6 is 0 Å². The molecule has 0 fully saturated rings. The summed E-state index contributed by atoms with van der Waals surface area (Å²) in [6, 6.07) is 5.89. The normalized spacial score (nSPS) is 10.6. The van der Waals surface area contributed by atoms with Gasteiger partial charge in [-0.25, -0.2) is 4.68 Å². The molecule has 0 spiro atoms. The maximum atomic E-state index is 11.0. The maximum absolute atomic E-state index is 11.0. The predicted molar refractivity (Wildman–Crippen MR) is 58.8 cm³/mol. The number of aryl methyl sites for hydroxylation is 2. The van der Waals surface area contributed by atoms with E-state index in [1.54, 1.807) is 4.68 Å². The Kier molecular flexibility index (Phi) is 2.85. The van der Waals surface area contributed by atoms with Crippen molar-refractivity contribution in [3.8, 4) is 0 Å². The van der Waals surface area contributed by atoms with Crippen LogP contribution in [0.1, 0.15) is 12.0 Å². The zero-order valence-electron chi connectivity index (χ0n) is 9.30. The molecule has 0 N–H and O–H groups in total. The maximum Gasteiger partial charge on any atom is 0.305 e. The molecule has 0 bridgehead atoms. The number of ether oxygens (including phenoxy) is 1. The van der Waals surface area contributed by atoms with Gasteiger partial charge in [-0.15, -0.1) is 5.10 Å². The fourth-order valence-corrected chi connectivity index (χ4v) is 1.59. The minimum Gasteiger partial charge on any atom is -0.469 e. The molecule has 0 radical (unpaired) electrons. The number of carbonyl (C=O) groups is 1. The first kappa shape index (κ1) is 10.6. The molecule has 84 valence electrons. The molecule has 2 aromatic rings. The number of rotatable bonds is 3. The SMILES string of the molecule is COC(=O)CCc1ccc2c(c1)nnn2C. The van der Waals surface area contributed by atoms with Crippen LogP contribution in [0.2, 0.25) is 0 Å². The molecule has 0 aliphatic rings. The Morgan fingerprint density at radius 1 is 1.50 bits per heavy atom. The van der Waals surface area contributed by atoms with E-state index in [4.69, 9.17) is 0 Å². The van der Waals surface area contributed by atoms with Crippen LogP contribution in [0.4, 0.5) is 0 Å². The molecule has 0 saturated heterocycles. The highest BCUT2D eigenvalue weighted by atomic mass is 16.5. The van der Waals surface area contributed by atoms with Crippen LogP contribution in [0, 0.1) is 0 Å². The first-order valence-corrected chi connectivity index (χ1v) is 5.06. The smallest absolute Gasteiger partial charge is 0.305 e. The van der Waals surface area contributed by atoms with Crippen molar-refractivity contribution in [2.45, 2.75) is 12.8 Å². The van der Waals surface area contributed by atoms with E-state index in [1.807, 2.05) is 25.2 Å². The fourth-order valence-electron chi connectivity index (χ4n) is 1.59. The molecule has 0 aliphatic carbocycles. The van der Waals surface area contributed by atoms with E-state index in [-0.39, 0.29) is 5.97 Å². The van der Waals surface area contributed by atoms with Crippen molar-refractivity contribution in [1.82, 2.24) is 15.0 Å². The highest BCUT2D eigenvalue weighted by molar-refractivity contribution is 5.75. The van der Waals surface area contributed by atoms with Gasteiger partial charge in [-0.05, 0) is 24.1 Å². The largest absolute Gasteiger partial charge is 0.469 e. The summed E-state index contributed by atoms with van der Waals surface area (Å²) in [5.41, 5.74) is 2.91. The number of aromatic nitrogens is 3. The van der Waals surface area contributed by atoms with Crippen molar-refractivity contribution in [2.75, 3.05) is 7.11 Å². The van der Waals surface area contributed by atoms with Crippen LogP contribution in [0.25, 0.3) is 11.0 Å². The first-order chi connectivity index (χ1) is 7.70. The van der Waals surface area contributed by atoms with Crippen molar-refractivity contribution in [1.29, 1.82) is 0 Å². The van der Waals surface area contributed by atoms with Gasteiger partial charge in [0.05, 0.1) is 12.6 Å². The Hall–Kier alpha value is -1.91. The van der Waals surface area contributed by atoms with Crippen LogP contribution in [0.15, 0.2) is 18.2 Å². The predicted octanol–water partition coefficient (Wildman–Crippen LogP) is 1.07. The van der Waals surface area contributed by atoms with Crippen molar-refractivity contribution < 1.29 is 9.53 Å². The van der Waals surface area contributed by atoms with E-state index in [1.165, 1.54) is 7.11 Å². The summed E-state index contributed by atoms with van der Waals surface area (Å²) in [5, 5.41) is 7.95. The van der Waals surface area contributed by atoms with Gasteiger partial charge >= 0.3 is 5.97 Å². The number of methoxy groups -OCH3 is 1. The third-order valence-corrected chi connectivity index (χ3v) is 2.52. The highest BCUT2D eigenvalue weighted by Crippen LogP contribution is 2.13. The van der Waals surface area contributed by atoms with Gasteiger partial charge in [-0.2, -0.15) is 0 Å². The van der Waals surface area contributed by atoms with Gasteiger partial charge in [0.25, 0.3) is 0 Å². The fraction of sp³-hybridized carbons (Fsp3) is 0.364. The monoisotopic (exact) mass is 219 g/mol. The lowest BCUT2D eigenvalue weighted by Crippen LogP contribution is -2.01. The van der Waals surface area contributed by atoms with E-state index >= 15 is 0 Å². The minimum absolute atomic E-state index is 0.195. The molecular weight excluding hydrogens is 206 g/mol. The van der Waals surface area contributed by atoms with Gasteiger partial charge in [0, 0.05) is 13.5 Å². The van der Waals surface area contributed by atoms with E-state index in [0.717, 1.165) is 16.6 Å². The number of fused-ring (bicyclic) bond motifs is 1. The summed E-state index contributed by atoms with van der Waals surface area (Å²) in [5.74, 6) is -0.195. The summed E-state index contributed by atoms with van der Waals surface area (Å²) in [4.78, 5) is 11.0. The molecule has 0 amide bonds. The number of carbonyl (C=O) groups excluding carboxylic acids is 1. The molecular formula is C11H13N3O2. The van der Waals surface area contributed by atoms with Crippen molar-refractivity contribution in [3.05, 3.63) is 23.8 Å². The molecule has 1 aromatic carbocycles. The van der Waals surface area contributed by atoms with Crippen LogP contribution in [-0.2, 0) is 23.0 Å². The molecule has 5 nitrogen and oxygen atoms in total. The molecule has 0 aliphatic heterocycles. The van der Waals surface area contributed by atoms with Crippen LogP contribution in [-0.4, -0.2) is 28.1 Å². The Bertz CT molecular complexity index is 519. The molecule has 2 rings (SSSR count). The van der Waals surface area contributed by atoms with E-state index in [0.29, 0.717) is 12.8 Å². The second kappa shape index (κ2) is 4.30. The Morgan fingerprint density at radius 3 is 3.06 bits per heavy atom. The van der Waals surface area contributed by atoms with Crippen molar-refractivity contribution in [3.63, 3.8) is 0 Å². The number of esters is 1. The average molecular weight is 219 g/mol. The molecule has 16 heavy (non-hydrogen) atoms. The standard InChI is InChI=1S/C11H13N3O2/c1-14-10-5-3-8(4-6-11(15)16-2)7-9(10)12-13-14/h3,5,7H,4,6H2,1-2H3. The Morgan fingerprint density at radius 2 is 2.31 bits per heavy atom. The summed E-state index contributed by atoms with van der Waals surface area (Å²) in [6.07, 6.45) is 1.06. The lowest BCUT2D eigenvalue weighted by atomic mass is 10.1. The second-order valence-corrected chi connectivity index (χ2v) is 3.61. The first-order valence-electron chi connectivity index (χ1n) is 5.06. The van der Waals surface area contributed by atoms with Gasteiger partial charge in [-0.1, -0.05) is 11.3 Å². The molecule has 0 atom stereocenters. The summed E-state index contributed by atoms with van der Waals surface area (Å²) in [6.45, 7) is 0.